The van der Waals surface area contributed by atoms with Crippen molar-refractivity contribution >= 4 is 17.6 Å². The summed E-state index contributed by atoms with van der Waals surface area (Å²) in [5.74, 6) is 1.71. The van der Waals surface area contributed by atoms with Gasteiger partial charge < -0.3 is 19.9 Å². The van der Waals surface area contributed by atoms with Crippen molar-refractivity contribution in [1.29, 1.82) is 0 Å². The summed E-state index contributed by atoms with van der Waals surface area (Å²) in [6, 6.07) is 9.80. The van der Waals surface area contributed by atoms with Crippen LogP contribution in [0.5, 0.6) is 0 Å². The third-order valence-corrected chi connectivity index (χ3v) is 7.18. The molecule has 3 aliphatic rings. The van der Waals surface area contributed by atoms with Crippen LogP contribution in [0.25, 0.3) is 0 Å². The number of methoxy groups -OCH3 is 1. The first kappa shape index (κ1) is 21.9. The fourth-order valence-corrected chi connectivity index (χ4v) is 5.16. The largest absolute Gasteiger partial charge is 0.384 e. The molecule has 0 bridgehead atoms. The molecule has 1 aromatic carbocycles. The van der Waals surface area contributed by atoms with Gasteiger partial charge in [-0.15, -0.1) is 0 Å². The second-order valence-corrected chi connectivity index (χ2v) is 9.52. The molecule has 1 aromatic heterocycles. The Morgan fingerprint density at radius 2 is 1.85 bits per heavy atom. The van der Waals surface area contributed by atoms with Crippen molar-refractivity contribution in [1.82, 2.24) is 15.2 Å². The Labute approximate surface area is 195 Å². The van der Waals surface area contributed by atoms with Gasteiger partial charge in [-0.1, -0.05) is 18.2 Å². The molecule has 5 rings (SSSR count). The lowest BCUT2D eigenvalue weighted by atomic mass is 9.88. The zero-order valence-corrected chi connectivity index (χ0v) is 19.4. The first-order valence-electron chi connectivity index (χ1n) is 11.9. The molecule has 3 heterocycles. The van der Waals surface area contributed by atoms with Gasteiger partial charge in [0.15, 0.2) is 0 Å². The third-order valence-electron chi connectivity index (χ3n) is 7.18. The lowest BCUT2D eigenvalue weighted by molar-refractivity contribution is -0.120. The van der Waals surface area contributed by atoms with Crippen LogP contribution in [0.2, 0.25) is 0 Å². The van der Waals surface area contributed by atoms with Crippen LogP contribution in [-0.2, 0) is 9.53 Å². The SMILES string of the molecule is COCC1CNC(=O)[C@H]1c1ccc(C(=O)N2CCN(c3ncc(C4CC4)cc3C)CC2)cc1. The second kappa shape index (κ2) is 9.14. The number of anilines is 1. The van der Waals surface area contributed by atoms with Crippen molar-refractivity contribution in [3.8, 4) is 0 Å². The second-order valence-electron chi connectivity index (χ2n) is 9.52. The lowest BCUT2D eigenvalue weighted by Crippen LogP contribution is -2.49. The van der Waals surface area contributed by atoms with E-state index in [1.54, 1.807) is 7.11 Å². The maximum absolute atomic E-state index is 13.1. The summed E-state index contributed by atoms with van der Waals surface area (Å²) in [6.07, 6.45) is 4.59. The van der Waals surface area contributed by atoms with Gasteiger partial charge in [0.05, 0.1) is 12.5 Å². The predicted octanol–water partition coefficient (Wildman–Crippen LogP) is 2.71. The number of nitrogens with one attached hydrogen (secondary N) is 1. The molecule has 1 unspecified atom stereocenters. The highest BCUT2D eigenvalue weighted by Gasteiger charge is 2.36. The highest BCUT2D eigenvalue weighted by atomic mass is 16.5. The Morgan fingerprint density at radius 3 is 2.48 bits per heavy atom. The summed E-state index contributed by atoms with van der Waals surface area (Å²) in [5, 5.41) is 2.92. The summed E-state index contributed by atoms with van der Waals surface area (Å²) < 4.78 is 5.27. The maximum Gasteiger partial charge on any atom is 0.253 e. The first-order chi connectivity index (χ1) is 16.0. The molecule has 0 radical (unpaired) electrons. The van der Waals surface area contributed by atoms with Gasteiger partial charge in [0, 0.05) is 57.5 Å². The molecular weight excluding hydrogens is 416 g/mol. The van der Waals surface area contributed by atoms with Crippen molar-refractivity contribution in [3.63, 3.8) is 0 Å². The Balaban J connectivity index is 1.21. The fourth-order valence-electron chi connectivity index (χ4n) is 5.16. The quantitative estimate of drug-likeness (QED) is 0.736. The smallest absolute Gasteiger partial charge is 0.253 e. The van der Waals surface area contributed by atoms with E-state index < -0.39 is 0 Å². The van der Waals surface area contributed by atoms with Gasteiger partial charge >= 0.3 is 0 Å². The number of pyridine rings is 1. The van der Waals surface area contributed by atoms with Crippen LogP contribution in [0.4, 0.5) is 5.82 Å². The van der Waals surface area contributed by atoms with E-state index in [1.165, 1.54) is 24.0 Å². The molecule has 2 aromatic rings. The van der Waals surface area contributed by atoms with E-state index >= 15 is 0 Å². The van der Waals surface area contributed by atoms with Gasteiger partial charge in [0.25, 0.3) is 5.91 Å². The number of aromatic nitrogens is 1. The number of rotatable bonds is 6. The molecule has 0 spiro atoms. The van der Waals surface area contributed by atoms with Crippen molar-refractivity contribution in [2.75, 3.05) is 51.3 Å². The van der Waals surface area contributed by atoms with Gasteiger partial charge in [-0.3, -0.25) is 9.59 Å². The van der Waals surface area contributed by atoms with Gasteiger partial charge in [0.2, 0.25) is 5.91 Å². The topological polar surface area (TPSA) is 74.8 Å². The summed E-state index contributed by atoms with van der Waals surface area (Å²) in [5.41, 5.74) is 4.18. The molecule has 2 aliphatic heterocycles. The van der Waals surface area contributed by atoms with Crippen LogP contribution in [0, 0.1) is 12.8 Å². The van der Waals surface area contributed by atoms with Crippen LogP contribution in [0.3, 0.4) is 0 Å². The minimum absolute atomic E-state index is 0.0290. The van der Waals surface area contributed by atoms with Crippen LogP contribution in [0.1, 0.15) is 51.7 Å². The molecule has 3 fully saturated rings. The fraction of sp³-hybridized carbons (Fsp3) is 0.500. The molecule has 1 saturated carbocycles. The van der Waals surface area contributed by atoms with E-state index in [4.69, 9.17) is 9.72 Å². The summed E-state index contributed by atoms with van der Waals surface area (Å²) in [6.45, 7) is 6.20. The van der Waals surface area contributed by atoms with Gasteiger partial charge in [-0.2, -0.15) is 0 Å². The number of piperazine rings is 1. The minimum Gasteiger partial charge on any atom is -0.384 e. The summed E-state index contributed by atoms with van der Waals surface area (Å²) in [7, 11) is 1.65. The molecule has 1 N–H and O–H groups in total. The molecule has 2 amide bonds. The summed E-state index contributed by atoms with van der Waals surface area (Å²) >= 11 is 0. The lowest BCUT2D eigenvalue weighted by Gasteiger charge is -2.36. The van der Waals surface area contributed by atoms with E-state index in [2.05, 4.69) is 23.2 Å². The first-order valence-corrected chi connectivity index (χ1v) is 11.9. The monoisotopic (exact) mass is 448 g/mol. The molecule has 2 atom stereocenters. The Morgan fingerprint density at radius 1 is 1.12 bits per heavy atom. The molecular formula is C26H32N4O3. The number of amides is 2. The molecule has 2 saturated heterocycles. The molecule has 1 aliphatic carbocycles. The number of aryl methyl sites for hydroxylation is 1. The van der Waals surface area contributed by atoms with Crippen LogP contribution < -0.4 is 10.2 Å². The average Bonchev–Trinajstić information content (AvgIpc) is 3.63. The number of ether oxygens (including phenoxy) is 1. The Kier molecular flexibility index (Phi) is 6.06. The molecule has 174 valence electrons. The number of carbonyl (C=O) groups excluding carboxylic acids is 2. The molecule has 33 heavy (non-hydrogen) atoms. The Hall–Kier alpha value is -2.93. The van der Waals surface area contributed by atoms with E-state index in [9.17, 15) is 9.59 Å². The zero-order chi connectivity index (χ0) is 22.9. The van der Waals surface area contributed by atoms with Crippen LogP contribution >= 0.6 is 0 Å². The van der Waals surface area contributed by atoms with Crippen LogP contribution in [0.15, 0.2) is 36.5 Å². The highest BCUT2D eigenvalue weighted by molar-refractivity contribution is 5.94. The van der Waals surface area contributed by atoms with Gasteiger partial charge in [-0.25, -0.2) is 4.98 Å². The van der Waals surface area contributed by atoms with E-state index in [-0.39, 0.29) is 23.7 Å². The molecule has 7 nitrogen and oxygen atoms in total. The number of hydrogen-bond acceptors (Lipinski definition) is 5. The van der Waals surface area contributed by atoms with Crippen molar-refractivity contribution in [3.05, 3.63) is 58.8 Å². The van der Waals surface area contributed by atoms with E-state index in [0.717, 1.165) is 24.5 Å². The van der Waals surface area contributed by atoms with Gasteiger partial charge in [-0.05, 0) is 54.5 Å². The minimum atomic E-state index is -0.223. The van der Waals surface area contributed by atoms with Crippen LogP contribution in [-0.4, -0.2) is 68.1 Å². The number of benzene rings is 1. The standard InChI is InChI=1S/C26H32N4O3/c1-17-13-21(18-3-4-18)14-27-24(17)29-9-11-30(12-10-29)26(32)20-7-5-19(6-8-20)23-22(16-33-2)15-28-25(23)31/h5-8,13-14,18,22-23H,3-4,9-12,15-16H2,1-2H3,(H,28,31)/t22?,23-/m0/s1. The summed E-state index contributed by atoms with van der Waals surface area (Å²) in [4.78, 5) is 34.3. The van der Waals surface area contributed by atoms with E-state index in [1.807, 2.05) is 35.4 Å². The van der Waals surface area contributed by atoms with E-state index in [0.29, 0.717) is 37.7 Å². The highest BCUT2D eigenvalue weighted by Crippen LogP contribution is 2.40. The number of nitrogens with zero attached hydrogens (tertiary/aromatic N) is 3. The maximum atomic E-state index is 13.1. The van der Waals surface area contributed by atoms with Crippen molar-refractivity contribution < 1.29 is 14.3 Å². The third kappa shape index (κ3) is 4.47. The number of hydrogen-bond donors (Lipinski definition) is 1. The number of carbonyl (C=O) groups is 2. The van der Waals surface area contributed by atoms with Gasteiger partial charge in [0.1, 0.15) is 5.82 Å². The van der Waals surface area contributed by atoms with Crippen molar-refractivity contribution in [2.45, 2.75) is 31.6 Å². The Bertz CT molecular complexity index is 1030. The predicted molar refractivity (Wildman–Crippen MR) is 127 cm³/mol. The average molecular weight is 449 g/mol. The van der Waals surface area contributed by atoms with Crippen molar-refractivity contribution in [2.24, 2.45) is 5.92 Å². The molecule has 7 heteroatoms. The normalized spacial score (nSPS) is 23.0. The zero-order valence-electron chi connectivity index (χ0n) is 19.4.